The molecule has 106 valence electrons. The molecule has 3 nitrogen and oxygen atoms in total. The summed E-state index contributed by atoms with van der Waals surface area (Å²) in [4.78, 5) is 11.4. The highest BCUT2D eigenvalue weighted by Crippen LogP contribution is 2.33. The van der Waals surface area contributed by atoms with Gasteiger partial charge in [-0.2, -0.15) is 13.2 Å². The van der Waals surface area contributed by atoms with Gasteiger partial charge >= 0.3 is 6.18 Å². The molecule has 19 heavy (non-hydrogen) atoms. The Morgan fingerprint density at radius 3 is 2.53 bits per heavy atom. The number of hydrogen-bond acceptors (Lipinski definition) is 2. The number of anilines is 1. The van der Waals surface area contributed by atoms with E-state index < -0.39 is 11.7 Å². The predicted molar refractivity (Wildman–Crippen MR) is 68.2 cm³/mol. The van der Waals surface area contributed by atoms with Crippen molar-refractivity contribution < 1.29 is 18.0 Å². The molecule has 1 rings (SSSR count). The van der Waals surface area contributed by atoms with Crippen LogP contribution in [0.5, 0.6) is 0 Å². The molecule has 1 aromatic carbocycles. The second kappa shape index (κ2) is 6.14. The molecule has 0 heterocycles. The Balaban J connectivity index is 2.75. The first-order valence-corrected chi connectivity index (χ1v) is 5.98. The largest absolute Gasteiger partial charge is 0.416 e. The van der Waals surface area contributed by atoms with Crippen molar-refractivity contribution in [1.29, 1.82) is 0 Å². The first kappa shape index (κ1) is 15.6. The molecule has 0 aromatic heterocycles. The normalized spacial score (nSPS) is 11.5. The van der Waals surface area contributed by atoms with Crippen LogP contribution in [0.3, 0.4) is 0 Å². The van der Waals surface area contributed by atoms with Gasteiger partial charge < -0.3 is 10.6 Å². The molecular formula is C12H14ClF3N2O. The van der Waals surface area contributed by atoms with E-state index >= 15 is 0 Å². The molecule has 0 fully saturated rings. The minimum absolute atomic E-state index is 0.0359. The quantitative estimate of drug-likeness (QED) is 0.894. The summed E-state index contributed by atoms with van der Waals surface area (Å²) in [7, 11) is 0. The van der Waals surface area contributed by atoms with Crippen molar-refractivity contribution in [2.45, 2.75) is 26.1 Å². The summed E-state index contributed by atoms with van der Waals surface area (Å²) in [6.07, 6.45) is -4.44. The van der Waals surface area contributed by atoms with E-state index in [0.717, 1.165) is 18.2 Å². The highest BCUT2D eigenvalue weighted by atomic mass is 35.5. The van der Waals surface area contributed by atoms with E-state index in [1.54, 1.807) is 13.8 Å². The van der Waals surface area contributed by atoms with Crippen LogP contribution in [0.1, 0.15) is 19.4 Å². The summed E-state index contributed by atoms with van der Waals surface area (Å²) in [5, 5.41) is 5.33. The molecule has 0 bridgehead atoms. The predicted octanol–water partition coefficient (Wildman–Crippen LogP) is 3.30. The van der Waals surface area contributed by atoms with Crippen molar-refractivity contribution in [1.82, 2.24) is 5.32 Å². The number of carbonyl (C=O) groups is 1. The molecule has 0 saturated heterocycles. The average molecular weight is 295 g/mol. The van der Waals surface area contributed by atoms with Crippen LogP contribution in [0, 0.1) is 0 Å². The number of alkyl halides is 3. The molecule has 0 unspecified atom stereocenters. The van der Waals surface area contributed by atoms with Gasteiger partial charge in [-0.3, -0.25) is 4.79 Å². The third-order valence-corrected chi connectivity index (χ3v) is 2.51. The highest BCUT2D eigenvalue weighted by Gasteiger charge is 2.30. The van der Waals surface area contributed by atoms with E-state index in [4.69, 9.17) is 11.6 Å². The Hall–Kier alpha value is -1.43. The van der Waals surface area contributed by atoms with Crippen LogP contribution in [0.15, 0.2) is 18.2 Å². The van der Waals surface area contributed by atoms with Gasteiger partial charge in [0.1, 0.15) is 0 Å². The zero-order valence-electron chi connectivity index (χ0n) is 10.4. The van der Waals surface area contributed by atoms with Crippen LogP contribution in [0.25, 0.3) is 0 Å². The molecule has 1 aromatic rings. The van der Waals surface area contributed by atoms with Gasteiger partial charge in [-0.05, 0) is 32.0 Å². The van der Waals surface area contributed by atoms with Gasteiger partial charge in [0.2, 0.25) is 5.91 Å². The van der Waals surface area contributed by atoms with Gasteiger partial charge in [-0.1, -0.05) is 11.6 Å². The molecule has 0 aliphatic carbocycles. The van der Waals surface area contributed by atoms with Crippen molar-refractivity contribution >= 4 is 23.2 Å². The molecule has 0 aliphatic rings. The van der Waals surface area contributed by atoms with Crippen LogP contribution < -0.4 is 10.6 Å². The number of carbonyl (C=O) groups excluding carboxylic acids is 1. The minimum Gasteiger partial charge on any atom is -0.375 e. The van der Waals surface area contributed by atoms with Crippen molar-refractivity contribution in [2.24, 2.45) is 0 Å². The van der Waals surface area contributed by atoms with E-state index in [9.17, 15) is 18.0 Å². The summed E-state index contributed by atoms with van der Waals surface area (Å²) in [6, 6.07) is 2.88. The maximum Gasteiger partial charge on any atom is 0.416 e. The smallest absolute Gasteiger partial charge is 0.375 e. The Morgan fingerprint density at radius 1 is 1.37 bits per heavy atom. The monoisotopic (exact) mass is 294 g/mol. The SMILES string of the molecule is CC(C)NC(=O)CNc1cc(C(F)(F)F)ccc1Cl. The fraction of sp³-hybridized carbons (Fsp3) is 0.417. The molecule has 1 amide bonds. The molecule has 7 heteroatoms. The van der Waals surface area contributed by atoms with Gasteiger partial charge in [-0.15, -0.1) is 0 Å². The zero-order valence-corrected chi connectivity index (χ0v) is 11.2. The van der Waals surface area contributed by atoms with Crippen molar-refractivity contribution in [3.63, 3.8) is 0 Å². The number of amides is 1. The average Bonchev–Trinajstić information content (AvgIpc) is 2.25. The highest BCUT2D eigenvalue weighted by molar-refractivity contribution is 6.33. The van der Waals surface area contributed by atoms with Crippen molar-refractivity contribution in [2.75, 3.05) is 11.9 Å². The maximum atomic E-state index is 12.5. The van der Waals surface area contributed by atoms with Gasteiger partial charge in [-0.25, -0.2) is 0 Å². The fourth-order valence-corrected chi connectivity index (χ4v) is 1.57. The number of rotatable bonds is 4. The minimum atomic E-state index is -4.44. The van der Waals surface area contributed by atoms with Gasteiger partial charge in [0.15, 0.2) is 0 Å². The Labute approximate surface area is 114 Å². The summed E-state index contributed by atoms with van der Waals surface area (Å²) in [5.74, 6) is -0.316. The lowest BCUT2D eigenvalue weighted by Crippen LogP contribution is -2.34. The first-order chi connectivity index (χ1) is 8.70. The third-order valence-electron chi connectivity index (χ3n) is 2.18. The molecule has 0 aliphatic heterocycles. The molecular weight excluding hydrogens is 281 g/mol. The number of nitrogens with one attached hydrogen (secondary N) is 2. The van der Waals surface area contributed by atoms with Crippen LogP contribution in [0.2, 0.25) is 5.02 Å². The summed E-state index contributed by atoms with van der Waals surface area (Å²) < 4.78 is 37.6. The van der Waals surface area contributed by atoms with E-state index in [-0.39, 0.29) is 29.2 Å². The van der Waals surface area contributed by atoms with Crippen LogP contribution in [-0.4, -0.2) is 18.5 Å². The van der Waals surface area contributed by atoms with E-state index in [1.165, 1.54) is 0 Å². The lowest BCUT2D eigenvalue weighted by Gasteiger charge is -2.13. The third kappa shape index (κ3) is 4.98. The second-order valence-corrected chi connectivity index (χ2v) is 4.68. The van der Waals surface area contributed by atoms with Crippen molar-refractivity contribution in [3.8, 4) is 0 Å². The van der Waals surface area contributed by atoms with E-state index in [2.05, 4.69) is 10.6 Å². The molecule has 0 spiro atoms. The molecule has 0 saturated carbocycles. The molecule has 0 radical (unpaired) electrons. The Morgan fingerprint density at radius 2 is 2.00 bits per heavy atom. The Bertz CT molecular complexity index is 461. The van der Waals surface area contributed by atoms with Gasteiger partial charge in [0.25, 0.3) is 0 Å². The van der Waals surface area contributed by atoms with Gasteiger partial charge in [0, 0.05) is 6.04 Å². The fourth-order valence-electron chi connectivity index (χ4n) is 1.39. The summed E-state index contributed by atoms with van der Waals surface area (Å²) in [6.45, 7) is 3.43. The number of benzene rings is 1. The molecule has 2 N–H and O–H groups in total. The zero-order chi connectivity index (χ0) is 14.6. The standard InChI is InChI=1S/C12H14ClF3N2O/c1-7(2)18-11(19)6-17-10-5-8(12(14,15)16)3-4-9(10)13/h3-5,7,17H,6H2,1-2H3,(H,18,19). The lowest BCUT2D eigenvalue weighted by atomic mass is 10.2. The summed E-state index contributed by atoms with van der Waals surface area (Å²) >= 11 is 5.77. The number of hydrogen-bond donors (Lipinski definition) is 2. The first-order valence-electron chi connectivity index (χ1n) is 5.60. The van der Waals surface area contributed by atoms with Crippen molar-refractivity contribution in [3.05, 3.63) is 28.8 Å². The maximum absolute atomic E-state index is 12.5. The summed E-state index contributed by atoms with van der Waals surface area (Å²) in [5.41, 5.74) is -0.737. The topological polar surface area (TPSA) is 41.1 Å². The Kier molecular flexibility index (Phi) is 5.05. The second-order valence-electron chi connectivity index (χ2n) is 4.27. The number of halogens is 4. The van der Waals surface area contributed by atoms with Crippen LogP contribution in [0.4, 0.5) is 18.9 Å². The van der Waals surface area contributed by atoms with E-state index in [1.807, 2.05) is 0 Å². The van der Waals surface area contributed by atoms with E-state index in [0.29, 0.717) is 0 Å². The van der Waals surface area contributed by atoms with Crippen LogP contribution in [-0.2, 0) is 11.0 Å². The lowest BCUT2D eigenvalue weighted by molar-refractivity contribution is -0.137. The molecule has 0 atom stereocenters. The van der Waals surface area contributed by atoms with Gasteiger partial charge in [0.05, 0.1) is 22.8 Å². The van der Waals surface area contributed by atoms with Crippen LogP contribution >= 0.6 is 11.6 Å².